The van der Waals surface area contributed by atoms with Crippen molar-refractivity contribution in [1.29, 1.82) is 0 Å². The van der Waals surface area contributed by atoms with Crippen molar-refractivity contribution in [3.63, 3.8) is 0 Å². The highest BCUT2D eigenvalue weighted by Crippen LogP contribution is 2.13. The molecule has 4 heteroatoms. The van der Waals surface area contributed by atoms with Crippen LogP contribution in [-0.2, 0) is 9.53 Å². The highest BCUT2D eigenvalue weighted by atomic mass is 32.1. The van der Waals surface area contributed by atoms with Crippen molar-refractivity contribution in [1.82, 2.24) is 0 Å². The van der Waals surface area contributed by atoms with E-state index < -0.39 is 0 Å². The standard InChI is InChI=1S/C9H15NO2S/c1-7(2)4-8(5-10-6-13)9(11)12-3/h7-8H,4-5H2,1-3H3. The molecule has 13 heavy (non-hydrogen) atoms. The van der Waals surface area contributed by atoms with Crippen molar-refractivity contribution in [3.8, 4) is 0 Å². The Morgan fingerprint density at radius 1 is 1.62 bits per heavy atom. The van der Waals surface area contributed by atoms with E-state index in [2.05, 4.69) is 41.0 Å². The summed E-state index contributed by atoms with van der Waals surface area (Å²) in [5.74, 6) is 0.0487. The minimum Gasteiger partial charge on any atom is -0.469 e. The third-order valence-corrected chi connectivity index (χ3v) is 1.80. The molecule has 0 amide bonds. The average molecular weight is 201 g/mol. The largest absolute Gasteiger partial charge is 0.469 e. The molecule has 0 aliphatic carbocycles. The maximum atomic E-state index is 11.2. The van der Waals surface area contributed by atoms with Crippen molar-refractivity contribution in [2.45, 2.75) is 20.3 Å². The molecule has 3 nitrogen and oxygen atoms in total. The van der Waals surface area contributed by atoms with Crippen molar-refractivity contribution < 1.29 is 9.53 Å². The zero-order valence-corrected chi connectivity index (χ0v) is 9.06. The first-order valence-electron chi connectivity index (χ1n) is 4.23. The first-order chi connectivity index (χ1) is 6.11. The predicted octanol–water partition coefficient (Wildman–Crippen LogP) is 1.92. The van der Waals surface area contributed by atoms with Gasteiger partial charge in [-0.2, -0.15) is 0 Å². The highest BCUT2D eigenvalue weighted by molar-refractivity contribution is 7.78. The first-order valence-corrected chi connectivity index (χ1v) is 4.64. The van der Waals surface area contributed by atoms with Gasteiger partial charge in [-0.15, -0.1) is 0 Å². The van der Waals surface area contributed by atoms with Crippen LogP contribution in [0.3, 0.4) is 0 Å². The molecule has 1 unspecified atom stereocenters. The van der Waals surface area contributed by atoms with Gasteiger partial charge in [0.15, 0.2) is 0 Å². The van der Waals surface area contributed by atoms with Gasteiger partial charge in [0.1, 0.15) is 0 Å². The second-order valence-electron chi connectivity index (χ2n) is 3.28. The Bertz CT molecular complexity index is 210. The Morgan fingerprint density at radius 2 is 2.23 bits per heavy atom. The minimum absolute atomic E-state index is 0.180. The molecule has 74 valence electrons. The van der Waals surface area contributed by atoms with Gasteiger partial charge in [-0.05, 0) is 24.6 Å². The van der Waals surface area contributed by atoms with Crippen LogP contribution in [0, 0.1) is 11.8 Å². The number of thiocarbonyl (C=S) groups is 1. The van der Waals surface area contributed by atoms with E-state index >= 15 is 0 Å². The Kier molecular flexibility index (Phi) is 6.37. The SMILES string of the molecule is COC(=O)C(CN=C=S)CC(C)C. The van der Waals surface area contributed by atoms with E-state index in [1.54, 1.807) is 0 Å². The number of ether oxygens (including phenoxy) is 1. The molecule has 0 aliphatic rings. The van der Waals surface area contributed by atoms with Gasteiger partial charge in [-0.25, -0.2) is 4.99 Å². The summed E-state index contributed by atoms with van der Waals surface area (Å²) in [6.45, 7) is 4.49. The molecule has 0 aromatic carbocycles. The number of rotatable bonds is 5. The average Bonchev–Trinajstić information content (AvgIpc) is 2.10. The molecule has 0 N–H and O–H groups in total. The van der Waals surface area contributed by atoms with Gasteiger partial charge in [0.05, 0.1) is 24.7 Å². The molecule has 0 saturated carbocycles. The molecule has 0 aromatic rings. The van der Waals surface area contributed by atoms with Crippen LogP contribution in [0.2, 0.25) is 0 Å². The number of aliphatic imine (C=N–C) groups is 1. The zero-order chi connectivity index (χ0) is 10.3. The van der Waals surface area contributed by atoms with Gasteiger partial charge in [0, 0.05) is 0 Å². The summed E-state index contributed by atoms with van der Waals surface area (Å²) in [6, 6.07) is 0. The third-order valence-electron chi connectivity index (χ3n) is 1.67. The summed E-state index contributed by atoms with van der Waals surface area (Å²) in [5, 5.41) is 2.25. The molecule has 0 aromatic heterocycles. The molecule has 0 fully saturated rings. The highest BCUT2D eigenvalue weighted by Gasteiger charge is 2.19. The molecule has 0 bridgehead atoms. The Hall–Kier alpha value is -0.730. The number of hydrogen-bond acceptors (Lipinski definition) is 4. The molecule has 0 radical (unpaired) electrons. The fourth-order valence-corrected chi connectivity index (χ4v) is 1.20. The number of methoxy groups -OCH3 is 1. The fraction of sp³-hybridized carbons (Fsp3) is 0.778. The summed E-state index contributed by atoms with van der Waals surface area (Å²) in [7, 11) is 1.39. The molecular weight excluding hydrogens is 186 g/mol. The van der Waals surface area contributed by atoms with E-state index in [4.69, 9.17) is 0 Å². The van der Waals surface area contributed by atoms with Crippen molar-refractivity contribution >= 4 is 23.3 Å². The van der Waals surface area contributed by atoms with Gasteiger partial charge in [0.2, 0.25) is 0 Å². The monoisotopic (exact) mass is 201 g/mol. The van der Waals surface area contributed by atoms with Crippen molar-refractivity contribution in [2.24, 2.45) is 16.8 Å². The lowest BCUT2D eigenvalue weighted by molar-refractivity contribution is -0.145. The van der Waals surface area contributed by atoms with Gasteiger partial charge < -0.3 is 4.74 Å². The molecule has 0 aliphatic heterocycles. The van der Waals surface area contributed by atoms with E-state index in [1.165, 1.54) is 7.11 Å². The summed E-state index contributed by atoms with van der Waals surface area (Å²) in [5.41, 5.74) is 0. The topological polar surface area (TPSA) is 38.7 Å². The second kappa shape index (κ2) is 6.75. The van der Waals surface area contributed by atoms with Crippen LogP contribution in [-0.4, -0.2) is 24.8 Å². The zero-order valence-electron chi connectivity index (χ0n) is 8.24. The molecule has 1 atom stereocenters. The van der Waals surface area contributed by atoms with Crippen LogP contribution in [0.1, 0.15) is 20.3 Å². The third kappa shape index (κ3) is 5.50. The lowest BCUT2D eigenvalue weighted by Crippen LogP contribution is -2.20. The maximum Gasteiger partial charge on any atom is 0.310 e. The van der Waals surface area contributed by atoms with E-state index in [9.17, 15) is 4.79 Å². The van der Waals surface area contributed by atoms with Gasteiger partial charge >= 0.3 is 5.97 Å². The summed E-state index contributed by atoms with van der Waals surface area (Å²) in [6.07, 6.45) is 0.771. The second-order valence-corrected chi connectivity index (χ2v) is 3.46. The van der Waals surface area contributed by atoms with Crippen LogP contribution >= 0.6 is 12.2 Å². The fourth-order valence-electron chi connectivity index (χ4n) is 1.13. The van der Waals surface area contributed by atoms with Crippen LogP contribution < -0.4 is 0 Å². The number of nitrogens with zero attached hydrogens (tertiary/aromatic N) is 1. The predicted molar refractivity (Wildman–Crippen MR) is 54.9 cm³/mol. The summed E-state index contributed by atoms with van der Waals surface area (Å²) in [4.78, 5) is 15.0. The number of carbonyl (C=O) groups is 1. The van der Waals surface area contributed by atoms with E-state index in [0.29, 0.717) is 12.5 Å². The van der Waals surface area contributed by atoms with Gasteiger partial charge in [-0.1, -0.05) is 13.8 Å². The Labute approximate surface area is 84.2 Å². The maximum absolute atomic E-state index is 11.2. The first kappa shape index (κ1) is 12.3. The van der Waals surface area contributed by atoms with Gasteiger partial charge in [0.25, 0.3) is 0 Å². The Morgan fingerprint density at radius 3 is 2.62 bits per heavy atom. The lowest BCUT2D eigenvalue weighted by atomic mass is 9.97. The van der Waals surface area contributed by atoms with Crippen molar-refractivity contribution in [3.05, 3.63) is 0 Å². The summed E-state index contributed by atoms with van der Waals surface area (Å²) >= 11 is 4.44. The van der Waals surface area contributed by atoms with Crippen molar-refractivity contribution in [2.75, 3.05) is 13.7 Å². The molecular formula is C9H15NO2S. The number of hydrogen-bond donors (Lipinski definition) is 0. The minimum atomic E-state index is -0.220. The molecule has 0 heterocycles. The van der Waals surface area contributed by atoms with Crippen LogP contribution in [0.25, 0.3) is 0 Å². The Balaban J connectivity index is 4.17. The van der Waals surface area contributed by atoms with E-state index in [0.717, 1.165) is 6.42 Å². The number of carbonyl (C=O) groups excluding carboxylic acids is 1. The lowest BCUT2D eigenvalue weighted by Gasteiger charge is -2.13. The smallest absolute Gasteiger partial charge is 0.310 e. The normalized spacial score (nSPS) is 12.0. The van der Waals surface area contributed by atoms with Crippen LogP contribution in [0.5, 0.6) is 0 Å². The van der Waals surface area contributed by atoms with E-state index in [-0.39, 0.29) is 11.9 Å². The number of isothiocyanates is 1. The molecule has 0 saturated heterocycles. The summed E-state index contributed by atoms with van der Waals surface area (Å²) < 4.78 is 4.65. The quantitative estimate of drug-likeness (QED) is 0.387. The van der Waals surface area contributed by atoms with Crippen LogP contribution in [0.15, 0.2) is 4.99 Å². The number of esters is 1. The van der Waals surface area contributed by atoms with Crippen LogP contribution in [0.4, 0.5) is 0 Å². The van der Waals surface area contributed by atoms with E-state index in [1.807, 2.05) is 0 Å². The molecule has 0 rings (SSSR count). The van der Waals surface area contributed by atoms with Gasteiger partial charge in [-0.3, -0.25) is 4.79 Å². The molecule has 0 spiro atoms.